The number of methoxy groups -OCH3 is 1. The van der Waals surface area contributed by atoms with Gasteiger partial charge in [0.05, 0.1) is 19.2 Å². The maximum absolute atomic E-state index is 11.6. The largest absolute Gasteiger partial charge is 0.496 e. The summed E-state index contributed by atoms with van der Waals surface area (Å²) in [5, 5.41) is 2.38. The second-order valence-electron chi connectivity index (χ2n) is 2.99. The lowest BCUT2D eigenvalue weighted by Gasteiger charge is -2.08. The molecule has 1 aromatic rings. The van der Waals surface area contributed by atoms with Crippen LogP contribution in [0.15, 0.2) is 22.7 Å². The van der Waals surface area contributed by atoms with Crippen LogP contribution in [0.4, 0.5) is 0 Å². The third-order valence-corrected chi connectivity index (χ3v) is 2.32. The molecule has 0 aliphatic heterocycles. The number of benzene rings is 1. The topological polar surface area (TPSA) is 81.4 Å². The van der Waals surface area contributed by atoms with Gasteiger partial charge in [-0.05, 0) is 18.2 Å². The van der Waals surface area contributed by atoms with E-state index in [4.69, 9.17) is 10.5 Å². The first-order chi connectivity index (χ1) is 7.54. The van der Waals surface area contributed by atoms with E-state index in [1.807, 2.05) is 0 Å². The van der Waals surface area contributed by atoms with Crippen molar-refractivity contribution in [3.8, 4) is 5.75 Å². The Bertz CT molecular complexity index is 421. The molecule has 1 rings (SSSR count). The molecule has 0 saturated carbocycles. The molecular formula is C10H11BrN2O3. The smallest absolute Gasteiger partial charge is 0.255 e. The Hall–Kier alpha value is -1.56. The fraction of sp³-hybridized carbons (Fsp3) is 0.200. The minimum atomic E-state index is -0.593. The molecule has 0 atom stereocenters. The van der Waals surface area contributed by atoms with Gasteiger partial charge in [0.25, 0.3) is 5.91 Å². The van der Waals surface area contributed by atoms with Crippen molar-refractivity contribution in [2.24, 2.45) is 5.73 Å². The zero-order chi connectivity index (χ0) is 12.1. The van der Waals surface area contributed by atoms with Crippen molar-refractivity contribution in [2.75, 3.05) is 13.7 Å². The van der Waals surface area contributed by atoms with Crippen LogP contribution in [0, 0.1) is 0 Å². The summed E-state index contributed by atoms with van der Waals surface area (Å²) in [6, 6.07) is 4.97. The molecular weight excluding hydrogens is 276 g/mol. The predicted molar refractivity (Wildman–Crippen MR) is 62.2 cm³/mol. The monoisotopic (exact) mass is 286 g/mol. The number of primary amides is 1. The molecule has 0 spiro atoms. The van der Waals surface area contributed by atoms with Gasteiger partial charge in [-0.25, -0.2) is 0 Å². The fourth-order valence-electron chi connectivity index (χ4n) is 1.12. The third-order valence-electron chi connectivity index (χ3n) is 1.83. The Morgan fingerprint density at radius 2 is 2.19 bits per heavy atom. The second kappa shape index (κ2) is 5.50. The van der Waals surface area contributed by atoms with Crippen molar-refractivity contribution in [2.45, 2.75) is 0 Å². The van der Waals surface area contributed by atoms with Gasteiger partial charge in [0, 0.05) is 4.47 Å². The van der Waals surface area contributed by atoms with Crippen molar-refractivity contribution >= 4 is 27.7 Å². The highest BCUT2D eigenvalue weighted by Crippen LogP contribution is 2.23. The first-order valence-corrected chi connectivity index (χ1v) is 5.24. The van der Waals surface area contributed by atoms with Crippen LogP contribution in [0.2, 0.25) is 0 Å². The van der Waals surface area contributed by atoms with Crippen molar-refractivity contribution in [3.05, 3.63) is 28.2 Å². The number of halogens is 1. The maximum atomic E-state index is 11.6. The molecule has 0 saturated heterocycles. The lowest BCUT2D eigenvalue weighted by Crippen LogP contribution is -2.33. The molecule has 3 N–H and O–H groups in total. The summed E-state index contributed by atoms with van der Waals surface area (Å²) >= 11 is 3.26. The number of nitrogens with two attached hydrogens (primary N) is 1. The number of amides is 2. The molecule has 0 unspecified atom stereocenters. The van der Waals surface area contributed by atoms with Gasteiger partial charge in [0.2, 0.25) is 5.91 Å². The number of hydrogen-bond acceptors (Lipinski definition) is 3. The van der Waals surface area contributed by atoms with Gasteiger partial charge < -0.3 is 15.8 Å². The quantitative estimate of drug-likeness (QED) is 0.854. The molecule has 6 heteroatoms. The zero-order valence-corrected chi connectivity index (χ0v) is 10.2. The molecule has 0 aliphatic rings. The summed E-state index contributed by atoms with van der Waals surface area (Å²) < 4.78 is 5.85. The lowest BCUT2D eigenvalue weighted by molar-refractivity contribution is -0.117. The number of hydrogen-bond donors (Lipinski definition) is 2. The van der Waals surface area contributed by atoms with E-state index in [-0.39, 0.29) is 6.54 Å². The Kier molecular flexibility index (Phi) is 4.30. The molecule has 0 aromatic heterocycles. The maximum Gasteiger partial charge on any atom is 0.255 e. The van der Waals surface area contributed by atoms with Crippen LogP contribution in [0.5, 0.6) is 5.75 Å². The summed E-state index contributed by atoms with van der Waals surface area (Å²) in [6.07, 6.45) is 0. The summed E-state index contributed by atoms with van der Waals surface area (Å²) in [4.78, 5) is 22.1. The Labute approximate surface area is 101 Å². The van der Waals surface area contributed by atoms with Gasteiger partial charge in [-0.15, -0.1) is 0 Å². The Morgan fingerprint density at radius 3 is 2.75 bits per heavy atom. The zero-order valence-electron chi connectivity index (χ0n) is 8.62. The third kappa shape index (κ3) is 3.23. The van der Waals surface area contributed by atoms with Crippen LogP contribution in [-0.2, 0) is 4.79 Å². The standard InChI is InChI=1S/C10H11BrN2O3/c1-16-8-4-6(11)2-3-7(8)10(15)13-5-9(12)14/h2-4H,5H2,1H3,(H2,12,14)(H,13,15). The Balaban J connectivity index is 2.86. The minimum absolute atomic E-state index is 0.196. The highest BCUT2D eigenvalue weighted by atomic mass is 79.9. The minimum Gasteiger partial charge on any atom is -0.496 e. The van der Waals surface area contributed by atoms with Crippen molar-refractivity contribution < 1.29 is 14.3 Å². The van der Waals surface area contributed by atoms with Crippen LogP contribution < -0.4 is 15.8 Å². The molecule has 0 heterocycles. The van der Waals surface area contributed by atoms with E-state index in [9.17, 15) is 9.59 Å². The summed E-state index contributed by atoms with van der Waals surface area (Å²) in [7, 11) is 1.46. The number of carbonyl (C=O) groups is 2. The lowest BCUT2D eigenvalue weighted by atomic mass is 10.2. The SMILES string of the molecule is COc1cc(Br)ccc1C(=O)NCC(N)=O. The average Bonchev–Trinajstić information content (AvgIpc) is 2.25. The number of nitrogens with one attached hydrogen (secondary N) is 1. The summed E-state index contributed by atoms with van der Waals surface area (Å²) in [5.41, 5.74) is 5.27. The molecule has 0 aliphatic carbocycles. The number of ether oxygens (including phenoxy) is 1. The Morgan fingerprint density at radius 1 is 1.50 bits per heavy atom. The van der Waals surface area contributed by atoms with Gasteiger partial charge >= 0.3 is 0 Å². The van der Waals surface area contributed by atoms with Crippen LogP contribution >= 0.6 is 15.9 Å². The molecule has 1 aromatic carbocycles. The molecule has 0 bridgehead atoms. The highest BCUT2D eigenvalue weighted by molar-refractivity contribution is 9.10. The highest BCUT2D eigenvalue weighted by Gasteiger charge is 2.12. The number of carbonyl (C=O) groups excluding carboxylic acids is 2. The molecule has 16 heavy (non-hydrogen) atoms. The van der Waals surface area contributed by atoms with E-state index in [0.717, 1.165) is 4.47 Å². The van der Waals surface area contributed by atoms with Gasteiger partial charge in [-0.3, -0.25) is 9.59 Å². The summed E-state index contributed by atoms with van der Waals surface area (Å²) in [6.45, 7) is -0.196. The molecule has 86 valence electrons. The average molecular weight is 287 g/mol. The van der Waals surface area contributed by atoms with Crippen molar-refractivity contribution in [1.82, 2.24) is 5.32 Å². The van der Waals surface area contributed by atoms with Crippen molar-refractivity contribution in [1.29, 1.82) is 0 Å². The van der Waals surface area contributed by atoms with Crippen molar-refractivity contribution in [3.63, 3.8) is 0 Å². The molecule has 2 amide bonds. The first kappa shape index (κ1) is 12.5. The molecule has 0 radical (unpaired) electrons. The predicted octanol–water partition coefficient (Wildman–Crippen LogP) is 0.673. The summed E-state index contributed by atoms with van der Waals surface area (Å²) in [5.74, 6) is -0.566. The van der Waals surface area contributed by atoms with E-state index >= 15 is 0 Å². The van der Waals surface area contributed by atoms with E-state index in [1.165, 1.54) is 7.11 Å². The number of rotatable bonds is 4. The second-order valence-corrected chi connectivity index (χ2v) is 3.91. The van der Waals surface area contributed by atoms with Crippen LogP contribution in [0.25, 0.3) is 0 Å². The van der Waals surface area contributed by atoms with Crippen LogP contribution in [-0.4, -0.2) is 25.5 Å². The van der Waals surface area contributed by atoms with Crippen LogP contribution in [0.1, 0.15) is 10.4 Å². The first-order valence-electron chi connectivity index (χ1n) is 4.44. The van der Waals surface area contributed by atoms with Gasteiger partial charge in [-0.2, -0.15) is 0 Å². The van der Waals surface area contributed by atoms with E-state index < -0.39 is 11.8 Å². The van der Waals surface area contributed by atoms with Gasteiger partial charge in [-0.1, -0.05) is 15.9 Å². The normalized spacial score (nSPS) is 9.62. The molecule has 5 nitrogen and oxygen atoms in total. The fourth-order valence-corrected chi connectivity index (χ4v) is 1.46. The van der Waals surface area contributed by atoms with E-state index in [0.29, 0.717) is 11.3 Å². The van der Waals surface area contributed by atoms with Gasteiger partial charge in [0.15, 0.2) is 0 Å². The van der Waals surface area contributed by atoms with E-state index in [2.05, 4.69) is 21.2 Å². The molecule has 0 fully saturated rings. The van der Waals surface area contributed by atoms with Gasteiger partial charge in [0.1, 0.15) is 5.75 Å². The van der Waals surface area contributed by atoms with Crippen LogP contribution in [0.3, 0.4) is 0 Å². The van der Waals surface area contributed by atoms with E-state index in [1.54, 1.807) is 18.2 Å².